The van der Waals surface area contributed by atoms with Crippen LogP contribution in [0.3, 0.4) is 0 Å². The summed E-state index contributed by atoms with van der Waals surface area (Å²) in [6.45, 7) is 5.39. The molecule has 1 aromatic carbocycles. The van der Waals surface area contributed by atoms with E-state index in [1.54, 1.807) is 13.8 Å². The van der Waals surface area contributed by atoms with E-state index in [9.17, 15) is 9.59 Å². The van der Waals surface area contributed by atoms with Crippen molar-refractivity contribution in [3.8, 4) is 11.1 Å². The molecule has 2 aromatic rings. The lowest BCUT2D eigenvalue weighted by atomic mass is 9.91. The van der Waals surface area contributed by atoms with Crippen LogP contribution in [0.5, 0.6) is 0 Å². The lowest BCUT2D eigenvalue weighted by molar-refractivity contribution is 0.0599. The van der Waals surface area contributed by atoms with Crippen LogP contribution in [0.2, 0.25) is 0 Å². The Balaban J connectivity index is 2.93. The predicted octanol–water partition coefficient (Wildman–Crippen LogP) is 3.25. The van der Waals surface area contributed by atoms with Gasteiger partial charge in [-0.3, -0.25) is 4.98 Å². The number of ether oxygens (including phenoxy) is 2. The number of aryl methyl sites for hydroxylation is 3. The molecule has 0 amide bonds. The standard InChI is InChI=1S/C18H19NO4/c1-10-7-6-8-13(9-10)16-14(17(20)22-4)11(2)19-12(3)15(16)18(21)23-5/h6-9H,1-5H3. The van der Waals surface area contributed by atoms with Crippen LogP contribution >= 0.6 is 0 Å². The molecular formula is C18H19NO4. The lowest BCUT2D eigenvalue weighted by Gasteiger charge is -2.17. The lowest BCUT2D eigenvalue weighted by Crippen LogP contribution is -2.16. The molecule has 0 fully saturated rings. The molecule has 0 bridgehead atoms. The molecule has 1 heterocycles. The fourth-order valence-electron chi connectivity index (χ4n) is 2.64. The Kier molecular flexibility index (Phi) is 4.79. The van der Waals surface area contributed by atoms with Gasteiger partial charge in [0.05, 0.1) is 36.7 Å². The molecule has 0 radical (unpaired) electrons. The van der Waals surface area contributed by atoms with Gasteiger partial charge in [-0.1, -0.05) is 29.8 Å². The van der Waals surface area contributed by atoms with E-state index in [0.29, 0.717) is 17.0 Å². The van der Waals surface area contributed by atoms with Crippen molar-refractivity contribution in [3.05, 3.63) is 52.3 Å². The first-order valence-electron chi connectivity index (χ1n) is 7.15. The van der Waals surface area contributed by atoms with E-state index < -0.39 is 11.9 Å². The van der Waals surface area contributed by atoms with Crippen LogP contribution in [0.1, 0.15) is 37.7 Å². The second-order valence-electron chi connectivity index (χ2n) is 5.26. The molecule has 5 heteroatoms. The van der Waals surface area contributed by atoms with Crippen molar-refractivity contribution < 1.29 is 19.1 Å². The van der Waals surface area contributed by atoms with E-state index in [0.717, 1.165) is 11.1 Å². The average Bonchev–Trinajstić information content (AvgIpc) is 2.52. The van der Waals surface area contributed by atoms with Gasteiger partial charge in [-0.05, 0) is 26.3 Å². The Labute approximate surface area is 135 Å². The Bertz CT molecular complexity index is 741. The molecule has 0 atom stereocenters. The van der Waals surface area contributed by atoms with Crippen LogP contribution in [0.4, 0.5) is 0 Å². The summed E-state index contributed by atoms with van der Waals surface area (Å²) < 4.78 is 9.77. The van der Waals surface area contributed by atoms with Crippen LogP contribution < -0.4 is 0 Å². The smallest absolute Gasteiger partial charge is 0.340 e. The molecule has 120 valence electrons. The summed E-state index contributed by atoms with van der Waals surface area (Å²) in [7, 11) is 2.61. The predicted molar refractivity (Wildman–Crippen MR) is 86.6 cm³/mol. The summed E-state index contributed by atoms with van der Waals surface area (Å²) in [4.78, 5) is 28.9. The zero-order valence-corrected chi connectivity index (χ0v) is 13.9. The zero-order valence-electron chi connectivity index (χ0n) is 13.9. The molecule has 0 aliphatic rings. The van der Waals surface area contributed by atoms with Crippen molar-refractivity contribution in [2.75, 3.05) is 14.2 Å². The number of benzene rings is 1. The number of carbonyl (C=O) groups is 2. The van der Waals surface area contributed by atoms with Gasteiger partial charge in [0.15, 0.2) is 0 Å². The third kappa shape index (κ3) is 3.08. The molecule has 5 nitrogen and oxygen atoms in total. The number of rotatable bonds is 3. The summed E-state index contributed by atoms with van der Waals surface area (Å²) >= 11 is 0. The summed E-state index contributed by atoms with van der Waals surface area (Å²) in [6, 6.07) is 7.57. The van der Waals surface area contributed by atoms with Gasteiger partial charge in [0, 0.05) is 5.56 Å². The SMILES string of the molecule is COC(=O)c1c(C)nc(C)c(C(=O)OC)c1-c1cccc(C)c1. The Morgan fingerprint density at radius 3 is 1.87 bits per heavy atom. The van der Waals surface area contributed by atoms with E-state index in [4.69, 9.17) is 9.47 Å². The molecular weight excluding hydrogens is 294 g/mol. The van der Waals surface area contributed by atoms with E-state index in [2.05, 4.69) is 4.98 Å². The maximum atomic E-state index is 12.3. The third-order valence-electron chi connectivity index (χ3n) is 3.64. The van der Waals surface area contributed by atoms with Crippen LogP contribution in [0.15, 0.2) is 24.3 Å². The van der Waals surface area contributed by atoms with Crippen LogP contribution in [-0.4, -0.2) is 31.1 Å². The van der Waals surface area contributed by atoms with Gasteiger partial charge < -0.3 is 9.47 Å². The van der Waals surface area contributed by atoms with Crippen LogP contribution in [-0.2, 0) is 9.47 Å². The molecule has 0 aliphatic heterocycles. The van der Waals surface area contributed by atoms with Crippen molar-refractivity contribution in [2.45, 2.75) is 20.8 Å². The second-order valence-corrected chi connectivity index (χ2v) is 5.26. The molecule has 0 spiro atoms. The van der Waals surface area contributed by atoms with E-state index >= 15 is 0 Å². The molecule has 0 saturated heterocycles. The number of hydrogen-bond acceptors (Lipinski definition) is 5. The number of carbonyl (C=O) groups excluding carboxylic acids is 2. The summed E-state index contributed by atoms with van der Waals surface area (Å²) in [5.41, 5.74) is 3.85. The largest absolute Gasteiger partial charge is 0.465 e. The Morgan fingerprint density at radius 2 is 1.43 bits per heavy atom. The van der Waals surface area contributed by atoms with Gasteiger partial charge in [-0.25, -0.2) is 9.59 Å². The highest BCUT2D eigenvalue weighted by Crippen LogP contribution is 2.32. The molecule has 2 rings (SSSR count). The minimum atomic E-state index is -0.531. The van der Waals surface area contributed by atoms with Gasteiger partial charge in [0.25, 0.3) is 0 Å². The number of aromatic nitrogens is 1. The van der Waals surface area contributed by atoms with E-state index in [1.807, 2.05) is 31.2 Å². The average molecular weight is 313 g/mol. The highest BCUT2D eigenvalue weighted by molar-refractivity contribution is 6.07. The van der Waals surface area contributed by atoms with E-state index in [-0.39, 0.29) is 11.1 Å². The van der Waals surface area contributed by atoms with Gasteiger partial charge in [-0.2, -0.15) is 0 Å². The van der Waals surface area contributed by atoms with E-state index in [1.165, 1.54) is 14.2 Å². The molecule has 23 heavy (non-hydrogen) atoms. The van der Waals surface area contributed by atoms with Crippen molar-refractivity contribution >= 4 is 11.9 Å². The molecule has 1 aromatic heterocycles. The molecule has 0 unspecified atom stereocenters. The fraction of sp³-hybridized carbons (Fsp3) is 0.278. The minimum Gasteiger partial charge on any atom is -0.465 e. The first-order valence-corrected chi connectivity index (χ1v) is 7.15. The van der Waals surface area contributed by atoms with Gasteiger partial charge in [0.1, 0.15) is 0 Å². The Hall–Kier alpha value is -2.69. The molecule has 0 aliphatic carbocycles. The Morgan fingerprint density at radius 1 is 0.913 bits per heavy atom. The quantitative estimate of drug-likeness (QED) is 0.814. The van der Waals surface area contributed by atoms with Gasteiger partial charge in [-0.15, -0.1) is 0 Å². The van der Waals surface area contributed by atoms with Crippen molar-refractivity contribution in [3.63, 3.8) is 0 Å². The zero-order chi connectivity index (χ0) is 17.1. The van der Waals surface area contributed by atoms with Crippen molar-refractivity contribution in [1.82, 2.24) is 4.98 Å². The van der Waals surface area contributed by atoms with Crippen LogP contribution in [0.25, 0.3) is 11.1 Å². The number of nitrogens with zero attached hydrogens (tertiary/aromatic N) is 1. The monoisotopic (exact) mass is 313 g/mol. The normalized spacial score (nSPS) is 10.3. The highest BCUT2D eigenvalue weighted by atomic mass is 16.5. The second kappa shape index (κ2) is 6.60. The van der Waals surface area contributed by atoms with Crippen molar-refractivity contribution in [1.29, 1.82) is 0 Å². The van der Waals surface area contributed by atoms with Gasteiger partial charge >= 0.3 is 11.9 Å². The van der Waals surface area contributed by atoms with Crippen molar-refractivity contribution in [2.24, 2.45) is 0 Å². The number of hydrogen-bond donors (Lipinski definition) is 0. The first kappa shape index (κ1) is 16.7. The van der Waals surface area contributed by atoms with Gasteiger partial charge in [0.2, 0.25) is 0 Å². The maximum Gasteiger partial charge on any atom is 0.340 e. The summed E-state index contributed by atoms with van der Waals surface area (Å²) in [5, 5.41) is 0. The highest BCUT2D eigenvalue weighted by Gasteiger charge is 2.27. The minimum absolute atomic E-state index is 0.282. The first-order chi connectivity index (χ1) is 10.9. The maximum absolute atomic E-state index is 12.3. The number of esters is 2. The summed E-state index contributed by atoms with van der Waals surface area (Å²) in [5.74, 6) is -1.06. The molecule has 0 saturated carbocycles. The molecule has 0 N–H and O–H groups in total. The summed E-state index contributed by atoms with van der Waals surface area (Å²) in [6.07, 6.45) is 0. The topological polar surface area (TPSA) is 65.5 Å². The van der Waals surface area contributed by atoms with Crippen LogP contribution in [0, 0.1) is 20.8 Å². The fourth-order valence-corrected chi connectivity index (χ4v) is 2.64. The third-order valence-corrected chi connectivity index (χ3v) is 3.64. The number of methoxy groups -OCH3 is 2. The number of pyridine rings is 1.